The van der Waals surface area contributed by atoms with E-state index in [1.807, 2.05) is 0 Å². The first-order valence-corrected chi connectivity index (χ1v) is 9.00. The molecule has 4 saturated heterocycles. The van der Waals surface area contributed by atoms with Gasteiger partial charge >= 0.3 is 0 Å². The summed E-state index contributed by atoms with van der Waals surface area (Å²) in [6, 6.07) is 10.1. The summed E-state index contributed by atoms with van der Waals surface area (Å²) in [4.78, 5) is 2.71. The molecule has 1 aromatic rings. The molecule has 4 heterocycles. The van der Waals surface area contributed by atoms with Gasteiger partial charge < -0.3 is 4.74 Å². The molecule has 0 spiro atoms. The molecule has 0 amide bonds. The Hall–Kier alpha value is -0.860. The SMILES string of the molecule is CC(C)(C)c1ccc(C2CCOC3C4CCN(CC4)C23)cc1. The maximum atomic E-state index is 6.20. The fourth-order valence-corrected chi connectivity index (χ4v) is 4.85. The first kappa shape index (κ1) is 14.7. The predicted molar refractivity (Wildman–Crippen MR) is 90.3 cm³/mol. The van der Waals surface area contributed by atoms with Crippen LogP contribution in [-0.2, 0) is 10.2 Å². The number of benzene rings is 1. The van der Waals surface area contributed by atoms with Crippen LogP contribution in [0, 0.1) is 5.92 Å². The van der Waals surface area contributed by atoms with Gasteiger partial charge in [-0.3, -0.25) is 4.90 Å². The average molecular weight is 299 g/mol. The minimum absolute atomic E-state index is 0.240. The minimum atomic E-state index is 0.240. The molecule has 2 nitrogen and oxygen atoms in total. The largest absolute Gasteiger partial charge is 0.376 e. The molecule has 4 aliphatic heterocycles. The lowest BCUT2D eigenvalue weighted by molar-refractivity contribution is -0.143. The number of fused-ring (bicyclic) bond motifs is 2. The summed E-state index contributed by atoms with van der Waals surface area (Å²) in [5.41, 5.74) is 3.20. The molecule has 4 aliphatic rings. The maximum Gasteiger partial charge on any atom is 0.0765 e. The summed E-state index contributed by atoms with van der Waals surface area (Å²) >= 11 is 0. The smallest absolute Gasteiger partial charge is 0.0765 e. The normalized spacial score (nSPS) is 37.9. The van der Waals surface area contributed by atoms with Crippen LogP contribution in [0.1, 0.15) is 57.1 Å². The summed E-state index contributed by atoms with van der Waals surface area (Å²) in [5.74, 6) is 1.47. The lowest BCUT2D eigenvalue weighted by atomic mass is 9.71. The Balaban J connectivity index is 1.61. The van der Waals surface area contributed by atoms with Crippen LogP contribution in [-0.4, -0.2) is 36.7 Å². The fourth-order valence-electron chi connectivity index (χ4n) is 4.85. The van der Waals surface area contributed by atoms with Crippen LogP contribution in [0.4, 0.5) is 0 Å². The van der Waals surface area contributed by atoms with E-state index in [-0.39, 0.29) is 5.41 Å². The first-order chi connectivity index (χ1) is 10.5. The van der Waals surface area contributed by atoms with Gasteiger partial charge in [-0.1, -0.05) is 45.0 Å². The molecular weight excluding hydrogens is 270 g/mol. The first-order valence-electron chi connectivity index (χ1n) is 9.00. The van der Waals surface area contributed by atoms with Crippen LogP contribution in [0.15, 0.2) is 24.3 Å². The number of hydrogen-bond donors (Lipinski definition) is 0. The zero-order chi connectivity index (χ0) is 15.3. The van der Waals surface area contributed by atoms with Crippen molar-refractivity contribution in [3.8, 4) is 0 Å². The third-order valence-corrected chi connectivity index (χ3v) is 6.15. The van der Waals surface area contributed by atoms with E-state index in [1.165, 1.54) is 43.5 Å². The molecule has 0 saturated carbocycles. The Morgan fingerprint density at radius 3 is 2.32 bits per heavy atom. The van der Waals surface area contributed by atoms with E-state index < -0.39 is 0 Å². The molecule has 0 N–H and O–H groups in total. The quantitative estimate of drug-likeness (QED) is 0.778. The van der Waals surface area contributed by atoms with Gasteiger partial charge in [-0.15, -0.1) is 0 Å². The number of nitrogens with zero attached hydrogens (tertiary/aromatic N) is 1. The second kappa shape index (κ2) is 5.35. The second-order valence-electron chi connectivity index (χ2n) is 8.47. The summed E-state index contributed by atoms with van der Waals surface area (Å²) in [5, 5.41) is 0. The van der Waals surface area contributed by atoms with E-state index in [0.29, 0.717) is 18.1 Å². The van der Waals surface area contributed by atoms with E-state index in [0.717, 1.165) is 12.5 Å². The molecule has 5 rings (SSSR count). The van der Waals surface area contributed by atoms with E-state index >= 15 is 0 Å². The third kappa shape index (κ3) is 2.41. The van der Waals surface area contributed by atoms with Gasteiger partial charge in [0.1, 0.15) is 0 Å². The average Bonchev–Trinajstić information content (AvgIpc) is 2.55. The minimum Gasteiger partial charge on any atom is -0.376 e. The van der Waals surface area contributed by atoms with Crippen molar-refractivity contribution in [2.75, 3.05) is 19.7 Å². The Labute approximate surface area is 134 Å². The summed E-state index contributed by atoms with van der Waals surface area (Å²) < 4.78 is 6.20. The van der Waals surface area contributed by atoms with Gasteiger partial charge in [-0.25, -0.2) is 0 Å². The molecule has 1 aromatic carbocycles. The highest BCUT2D eigenvalue weighted by Crippen LogP contribution is 2.44. The lowest BCUT2D eigenvalue weighted by Crippen LogP contribution is -2.62. The summed E-state index contributed by atoms with van der Waals surface area (Å²) in [6.07, 6.45) is 4.36. The van der Waals surface area contributed by atoms with E-state index in [1.54, 1.807) is 0 Å². The number of piperidine rings is 3. The summed E-state index contributed by atoms with van der Waals surface area (Å²) in [7, 11) is 0. The monoisotopic (exact) mass is 299 g/mol. The molecule has 3 atom stereocenters. The Kier molecular flexibility index (Phi) is 3.58. The Morgan fingerprint density at radius 2 is 1.68 bits per heavy atom. The molecule has 0 aliphatic carbocycles. The number of ether oxygens (including phenoxy) is 1. The van der Waals surface area contributed by atoms with Gasteiger partial charge in [0.2, 0.25) is 0 Å². The van der Waals surface area contributed by atoms with E-state index in [9.17, 15) is 0 Å². The lowest BCUT2D eigenvalue weighted by Gasteiger charge is -2.55. The van der Waals surface area contributed by atoms with Gasteiger partial charge in [-0.2, -0.15) is 0 Å². The Morgan fingerprint density at radius 1 is 1.00 bits per heavy atom. The second-order valence-corrected chi connectivity index (χ2v) is 8.47. The Bertz CT molecular complexity index is 522. The number of rotatable bonds is 1. The van der Waals surface area contributed by atoms with Crippen molar-refractivity contribution in [1.29, 1.82) is 0 Å². The molecular formula is C20H29NO. The van der Waals surface area contributed by atoms with E-state index in [4.69, 9.17) is 4.74 Å². The van der Waals surface area contributed by atoms with Crippen LogP contribution < -0.4 is 0 Å². The van der Waals surface area contributed by atoms with Crippen molar-refractivity contribution in [2.45, 2.75) is 63.5 Å². The zero-order valence-corrected chi connectivity index (χ0v) is 14.2. The highest BCUT2D eigenvalue weighted by Gasteiger charge is 2.48. The van der Waals surface area contributed by atoms with Gasteiger partial charge in [0.05, 0.1) is 6.10 Å². The third-order valence-electron chi connectivity index (χ3n) is 6.15. The predicted octanol–water partition coefficient (Wildman–Crippen LogP) is 3.95. The molecule has 2 heteroatoms. The maximum absolute atomic E-state index is 6.20. The van der Waals surface area contributed by atoms with Gasteiger partial charge in [-0.05, 0) is 54.8 Å². The topological polar surface area (TPSA) is 12.5 Å². The van der Waals surface area contributed by atoms with Crippen molar-refractivity contribution in [1.82, 2.24) is 4.90 Å². The highest BCUT2D eigenvalue weighted by molar-refractivity contribution is 5.31. The van der Waals surface area contributed by atoms with Crippen LogP contribution in [0.2, 0.25) is 0 Å². The van der Waals surface area contributed by atoms with Crippen molar-refractivity contribution < 1.29 is 4.74 Å². The van der Waals surface area contributed by atoms with Gasteiger partial charge in [0.15, 0.2) is 0 Å². The van der Waals surface area contributed by atoms with Gasteiger partial charge in [0, 0.05) is 18.6 Å². The van der Waals surface area contributed by atoms with Crippen molar-refractivity contribution in [2.24, 2.45) is 5.92 Å². The van der Waals surface area contributed by atoms with Crippen molar-refractivity contribution >= 4 is 0 Å². The molecule has 3 unspecified atom stereocenters. The van der Waals surface area contributed by atoms with Crippen LogP contribution in [0.25, 0.3) is 0 Å². The van der Waals surface area contributed by atoms with Crippen LogP contribution in [0.5, 0.6) is 0 Å². The molecule has 2 bridgehead atoms. The molecule has 4 fully saturated rings. The molecule has 120 valence electrons. The van der Waals surface area contributed by atoms with Crippen molar-refractivity contribution in [3.63, 3.8) is 0 Å². The van der Waals surface area contributed by atoms with Crippen LogP contribution in [0.3, 0.4) is 0 Å². The van der Waals surface area contributed by atoms with Crippen LogP contribution >= 0.6 is 0 Å². The van der Waals surface area contributed by atoms with Crippen molar-refractivity contribution in [3.05, 3.63) is 35.4 Å². The fraction of sp³-hybridized carbons (Fsp3) is 0.700. The highest BCUT2D eigenvalue weighted by atomic mass is 16.5. The summed E-state index contributed by atoms with van der Waals surface area (Å²) in [6.45, 7) is 10.4. The van der Waals surface area contributed by atoms with E-state index in [2.05, 4.69) is 49.9 Å². The van der Waals surface area contributed by atoms with Gasteiger partial charge in [0.25, 0.3) is 0 Å². The zero-order valence-electron chi connectivity index (χ0n) is 14.2. The number of hydrogen-bond acceptors (Lipinski definition) is 2. The molecule has 0 aromatic heterocycles. The standard InChI is InChI=1S/C20H29NO/c1-20(2,3)16-6-4-14(5-7-16)17-10-13-22-19-15-8-11-21(12-9-15)18(17)19/h4-7,15,17-19H,8-13H2,1-3H3. The molecule has 22 heavy (non-hydrogen) atoms. The molecule has 0 radical (unpaired) electrons.